The summed E-state index contributed by atoms with van der Waals surface area (Å²) in [6.45, 7) is 0.399. The lowest BCUT2D eigenvalue weighted by Gasteiger charge is -2.13. The molecule has 5 nitrogen and oxygen atoms in total. The van der Waals surface area contributed by atoms with Gasteiger partial charge in [-0.2, -0.15) is 10.1 Å². The van der Waals surface area contributed by atoms with Gasteiger partial charge in [-0.1, -0.05) is 51.8 Å². The fraction of sp³-hybridized carbons (Fsp3) is 0.261. The van der Waals surface area contributed by atoms with Crippen LogP contribution in [0.15, 0.2) is 64.2 Å². The highest BCUT2D eigenvalue weighted by Crippen LogP contribution is 2.52. The summed E-state index contributed by atoms with van der Waals surface area (Å²) in [4.78, 5) is 25.4. The second-order valence-corrected chi connectivity index (χ2v) is 9.16. The molecule has 1 saturated carbocycles. The summed E-state index contributed by atoms with van der Waals surface area (Å²) < 4.78 is 6.80. The molecule has 30 heavy (non-hydrogen) atoms. The Morgan fingerprint density at radius 1 is 1.07 bits per heavy atom. The van der Waals surface area contributed by atoms with E-state index in [1.165, 1.54) is 6.21 Å². The van der Waals surface area contributed by atoms with Crippen LogP contribution in [0.3, 0.4) is 0 Å². The van der Waals surface area contributed by atoms with E-state index >= 15 is 0 Å². The first-order valence-corrected chi connectivity index (χ1v) is 11.0. The van der Waals surface area contributed by atoms with Crippen molar-refractivity contribution >= 4 is 45.6 Å². The minimum Gasteiger partial charge on any atom is -0.487 e. The first-order valence-electron chi connectivity index (χ1n) is 9.78. The second-order valence-electron chi connectivity index (χ2n) is 7.84. The first kappa shape index (κ1) is 19.5. The number of amides is 2. The molecule has 1 aliphatic heterocycles. The highest BCUT2D eigenvalue weighted by molar-refractivity contribution is 9.10. The largest absolute Gasteiger partial charge is 0.487 e. The van der Waals surface area contributed by atoms with Crippen LogP contribution < -0.4 is 4.74 Å². The average molecular weight is 486 g/mol. The van der Waals surface area contributed by atoms with Gasteiger partial charge in [0.05, 0.1) is 23.1 Å². The standard InChI is InChI=1S/C23H18BrClN2O3/c24-17-6-1-13(2-7-17)12-30-19-8-3-14(9-18(19)25)11-26-27-22(28)20-15-4-5-16(10-15)21(20)23(27)29/h1-9,11,15-16,20-21H,10,12H2. The lowest BCUT2D eigenvalue weighted by atomic mass is 9.85. The molecule has 0 radical (unpaired) electrons. The van der Waals surface area contributed by atoms with Crippen molar-refractivity contribution in [2.75, 3.05) is 0 Å². The van der Waals surface area contributed by atoms with Crippen molar-refractivity contribution in [3.63, 3.8) is 0 Å². The third-order valence-electron chi connectivity index (χ3n) is 6.03. The summed E-state index contributed by atoms with van der Waals surface area (Å²) in [5, 5.41) is 5.66. The van der Waals surface area contributed by atoms with Gasteiger partial charge in [-0.15, -0.1) is 0 Å². The van der Waals surface area contributed by atoms with E-state index in [2.05, 4.69) is 33.2 Å². The van der Waals surface area contributed by atoms with Crippen LogP contribution in [0, 0.1) is 23.7 Å². The van der Waals surface area contributed by atoms with Crippen molar-refractivity contribution in [1.82, 2.24) is 5.01 Å². The van der Waals surface area contributed by atoms with E-state index in [9.17, 15) is 9.59 Å². The molecule has 2 aromatic rings. The Hall–Kier alpha value is -2.44. The number of hydrogen-bond donors (Lipinski definition) is 0. The van der Waals surface area contributed by atoms with Gasteiger partial charge in [-0.25, -0.2) is 0 Å². The molecule has 0 spiro atoms. The molecule has 2 aromatic carbocycles. The topological polar surface area (TPSA) is 59.0 Å². The number of halogens is 2. The Balaban J connectivity index is 1.26. The van der Waals surface area contributed by atoms with Crippen molar-refractivity contribution in [1.29, 1.82) is 0 Å². The molecule has 1 heterocycles. The number of benzene rings is 2. The molecule has 0 N–H and O–H groups in total. The number of fused-ring (bicyclic) bond motifs is 5. The molecule has 2 bridgehead atoms. The third-order valence-corrected chi connectivity index (χ3v) is 6.86. The van der Waals surface area contributed by atoms with Gasteiger partial charge in [-0.05, 0) is 59.7 Å². The van der Waals surface area contributed by atoms with Crippen LogP contribution in [0.1, 0.15) is 17.5 Å². The smallest absolute Gasteiger partial charge is 0.254 e. The predicted molar refractivity (Wildman–Crippen MR) is 117 cm³/mol. The second kappa shape index (κ2) is 7.67. The van der Waals surface area contributed by atoms with Gasteiger partial charge in [-0.3, -0.25) is 9.59 Å². The number of nitrogens with zero attached hydrogens (tertiary/aromatic N) is 2. The summed E-state index contributed by atoms with van der Waals surface area (Å²) in [5.41, 5.74) is 1.72. The summed E-state index contributed by atoms with van der Waals surface area (Å²) in [6, 6.07) is 13.1. The van der Waals surface area contributed by atoms with E-state index in [0.29, 0.717) is 22.9 Å². The number of rotatable bonds is 5. The Kier molecular flexibility index (Phi) is 4.99. The Morgan fingerprint density at radius 2 is 1.73 bits per heavy atom. The summed E-state index contributed by atoms with van der Waals surface area (Å²) in [7, 11) is 0. The molecule has 152 valence electrons. The van der Waals surface area contributed by atoms with Crippen LogP contribution in [0.5, 0.6) is 5.75 Å². The number of allylic oxidation sites excluding steroid dienone is 2. The molecule has 4 unspecified atom stereocenters. The molecular weight excluding hydrogens is 468 g/mol. The van der Waals surface area contributed by atoms with Crippen molar-refractivity contribution in [3.8, 4) is 5.75 Å². The Morgan fingerprint density at radius 3 is 2.37 bits per heavy atom. The van der Waals surface area contributed by atoms with Crippen LogP contribution in [0.2, 0.25) is 5.02 Å². The molecular formula is C23H18BrClN2O3. The van der Waals surface area contributed by atoms with Gasteiger partial charge in [0.25, 0.3) is 11.8 Å². The summed E-state index contributed by atoms with van der Waals surface area (Å²) in [6.07, 6.45) is 6.53. The van der Waals surface area contributed by atoms with E-state index in [1.807, 2.05) is 24.3 Å². The molecule has 2 aliphatic carbocycles. The Bertz CT molecular complexity index is 1050. The maximum Gasteiger partial charge on any atom is 0.254 e. The highest BCUT2D eigenvalue weighted by atomic mass is 79.9. The lowest BCUT2D eigenvalue weighted by molar-refractivity contribution is -0.140. The van der Waals surface area contributed by atoms with E-state index in [-0.39, 0.29) is 35.5 Å². The normalized spacial score (nSPS) is 26.8. The molecule has 2 amide bonds. The Labute approximate surface area is 187 Å². The van der Waals surface area contributed by atoms with Crippen molar-refractivity contribution in [3.05, 3.63) is 75.2 Å². The van der Waals surface area contributed by atoms with Crippen molar-refractivity contribution < 1.29 is 14.3 Å². The van der Waals surface area contributed by atoms with Gasteiger partial charge >= 0.3 is 0 Å². The van der Waals surface area contributed by atoms with E-state index in [1.54, 1.807) is 18.2 Å². The van der Waals surface area contributed by atoms with Crippen LogP contribution in [0.4, 0.5) is 0 Å². The van der Waals surface area contributed by atoms with Crippen molar-refractivity contribution in [2.45, 2.75) is 13.0 Å². The molecule has 1 saturated heterocycles. The maximum absolute atomic E-state index is 12.7. The number of imide groups is 1. The highest BCUT2D eigenvalue weighted by Gasteiger charge is 2.59. The molecule has 4 atom stereocenters. The quantitative estimate of drug-likeness (QED) is 0.346. The minimum atomic E-state index is -0.248. The monoisotopic (exact) mass is 484 g/mol. The number of hydrazone groups is 1. The molecule has 2 fully saturated rings. The number of hydrogen-bond acceptors (Lipinski definition) is 4. The van der Waals surface area contributed by atoms with Gasteiger partial charge in [0.1, 0.15) is 12.4 Å². The molecule has 7 heteroatoms. The summed E-state index contributed by atoms with van der Waals surface area (Å²) >= 11 is 9.76. The van der Waals surface area contributed by atoms with Crippen LogP contribution in [-0.2, 0) is 16.2 Å². The maximum atomic E-state index is 12.7. The fourth-order valence-corrected chi connectivity index (χ4v) is 5.09. The average Bonchev–Trinajstić information content (AvgIpc) is 3.41. The van der Waals surface area contributed by atoms with E-state index < -0.39 is 0 Å². The predicted octanol–water partition coefficient (Wildman–Crippen LogP) is 4.82. The zero-order valence-electron chi connectivity index (χ0n) is 15.9. The summed E-state index contributed by atoms with van der Waals surface area (Å²) in [5.74, 6) is 0.0197. The fourth-order valence-electron chi connectivity index (χ4n) is 4.58. The van der Waals surface area contributed by atoms with Gasteiger partial charge in [0.2, 0.25) is 0 Å². The number of carbonyl (C=O) groups excluding carboxylic acids is 2. The van der Waals surface area contributed by atoms with Crippen molar-refractivity contribution in [2.24, 2.45) is 28.8 Å². The lowest BCUT2D eigenvalue weighted by Crippen LogP contribution is -2.28. The van der Waals surface area contributed by atoms with Crippen LogP contribution in [0.25, 0.3) is 0 Å². The first-order chi connectivity index (χ1) is 14.5. The molecule has 5 rings (SSSR count). The van der Waals surface area contributed by atoms with Crippen LogP contribution in [-0.4, -0.2) is 23.0 Å². The minimum absolute atomic E-state index is 0.174. The molecule has 0 aromatic heterocycles. The van der Waals surface area contributed by atoms with E-state index in [0.717, 1.165) is 21.5 Å². The van der Waals surface area contributed by atoms with Crippen LogP contribution >= 0.6 is 27.5 Å². The third kappa shape index (κ3) is 3.38. The number of ether oxygens (including phenoxy) is 1. The van der Waals surface area contributed by atoms with E-state index in [4.69, 9.17) is 16.3 Å². The van der Waals surface area contributed by atoms with Gasteiger partial charge < -0.3 is 4.74 Å². The SMILES string of the molecule is O=C1C2C3C=CC(C3)C2C(=O)N1N=Cc1ccc(OCc2ccc(Br)cc2)c(Cl)c1. The number of carbonyl (C=O) groups is 2. The van der Waals surface area contributed by atoms with Gasteiger partial charge in [0.15, 0.2) is 0 Å². The molecule has 3 aliphatic rings. The van der Waals surface area contributed by atoms with Gasteiger partial charge in [0, 0.05) is 4.47 Å². The zero-order chi connectivity index (χ0) is 20.8. The zero-order valence-corrected chi connectivity index (χ0v) is 18.2.